The van der Waals surface area contributed by atoms with Gasteiger partial charge in [-0.3, -0.25) is 4.57 Å². The lowest BCUT2D eigenvalue weighted by Gasteiger charge is -2.45. The molecule has 4 aromatic rings. The molecule has 4 atom stereocenters. The van der Waals surface area contributed by atoms with Crippen LogP contribution >= 0.6 is 7.29 Å². The van der Waals surface area contributed by atoms with Crippen molar-refractivity contribution in [2.45, 2.75) is 83.3 Å². The molecule has 4 nitrogen and oxygen atoms in total. The first-order valence-electron chi connectivity index (χ1n) is 17.2. The second kappa shape index (κ2) is 15.5. The smallest absolute Gasteiger partial charge is 0.335 e. The molecule has 5 rings (SSSR count). The van der Waals surface area contributed by atoms with Crippen LogP contribution < -0.4 is 15.7 Å². The first kappa shape index (κ1) is 34.6. The van der Waals surface area contributed by atoms with Crippen LogP contribution in [0.1, 0.15) is 77.3 Å². The third kappa shape index (κ3) is 7.72. The van der Waals surface area contributed by atoms with Crippen molar-refractivity contribution >= 4 is 23.9 Å². The van der Waals surface area contributed by atoms with Crippen LogP contribution in [0.2, 0.25) is 0 Å². The van der Waals surface area contributed by atoms with Crippen LogP contribution in [0.15, 0.2) is 133 Å². The molecule has 5 heteroatoms. The topological polar surface area (TPSA) is 55.4 Å². The highest BCUT2D eigenvalue weighted by molar-refractivity contribution is 7.77. The number of carbonyl (C=O) groups is 1. The van der Waals surface area contributed by atoms with E-state index in [0.29, 0.717) is 22.1 Å². The summed E-state index contributed by atoms with van der Waals surface area (Å²) in [5.41, 5.74) is 0.228. The van der Waals surface area contributed by atoms with Gasteiger partial charge in [-0.2, -0.15) is 0 Å². The third-order valence-electron chi connectivity index (χ3n) is 9.97. The molecular formula is C42H50NO3P. The van der Waals surface area contributed by atoms with Crippen LogP contribution in [0.4, 0.5) is 0 Å². The maximum atomic E-state index is 15.6. The number of hydrogen-bond acceptors (Lipinski definition) is 3. The average molecular weight is 648 g/mol. The van der Waals surface area contributed by atoms with E-state index < -0.39 is 18.8 Å². The number of rotatable bonds is 13. The highest BCUT2D eigenvalue weighted by atomic mass is 31.2. The molecule has 0 amide bonds. The quantitative estimate of drug-likeness (QED) is 0.0680. The second-order valence-electron chi connectivity index (χ2n) is 13.7. The zero-order chi connectivity index (χ0) is 33.3. The number of ether oxygens (including phenoxy) is 1. The minimum atomic E-state index is -3.58. The number of allylic oxidation sites excluding steroid dienone is 1. The van der Waals surface area contributed by atoms with E-state index >= 15 is 9.36 Å². The Balaban J connectivity index is 1.64. The summed E-state index contributed by atoms with van der Waals surface area (Å²) in [6.07, 6.45) is 9.32. The van der Waals surface area contributed by atoms with Crippen molar-refractivity contribution in [3.8, 4) is 0 Å². The van der Waals surface area contributed by atoms with Gasteiger partial charge in [0.25, 0.3) is 0 Å². The minimum Gasteiger partial charge on any atom is -0.460 e. The first-order valence-corrected chi connectivity index (χ1v) is 18.9. The molecule has 1 aliphatic rings. The SMILES string of the molecule is CCCC/C=C/[C@](NP(=O)(c1ccccc1)c1ccccc1)(C(=O)O[C@@H]1C[C@H](C)CC[C@H]1C(C)(C)c1ccccc1)c1ccccc1. The number of hydrogen-bond donors (Lipinski definition) is 1. The molecule has 1 aliphatic carbocycles. The van der Waals surface area contributed by atoms with Crippen LogP contribution in [0.3, 0.4) is 0 Å². The van der Waals surface area contributed by atoms with E-state index in [4.69, 9.17) is 4.74 Å². The Labute approximate surface area is 282 Å². The molecule has 0 aliphatic heterocycles. The molecule has 0 aromatic heterocycles. The summed E-state index contributed by atoms with van der Waals surface area (Å²) in [5.74, 6) is 0.128. The van der Waals surface area contributed by atoms with Crippen LogP contribution in [-0.4, -0.2) is 12.1 Å². The van der Waals surface area contributed by atoms with E-state index in [0.717, 1.165) is 38.5 Å². The lowest BCUT2D eigenvalue weighted by atomic mass is 9.64. The molecule has 0 spiro atoms. The van der Waals surface area contributed by atoms with Gasteiger partial charge in [0.15, 0.2) is 5.54 Å². The fourth-order valence-corrected chi connectivity index (χ4v) is 9.64. The van der Waals surface area contributed by atoms with Crippen molar-refractivity contribution < 1.29 is 14.1 Å². The molecule has 0 saturated heterocycles. The number of carbonyl (C=O) groups excluding carboxylic acids is 1. The Morgan fingerprint density at radius 1 is 0.809 bits per heavy atom. The standard InChI is InChI=1S/C42H50NO3P/c1-5-6-7-20-31-42(35-23-14-9-15-24-35,43-47(45,36-25-16-10-17-26-36)37-27-18-11-19-28-37)40(44)46-39-32-33(2)29-30-38(39)41(3,4)34-21-12-8-13-22-34/h8-28,31,33,38-39H,5-7,29-30,32H2,1-4H3,(H,43,45)/b31-20+/t33-,38-,39-,42-/m1/s1. The molecule has 47 heavy (non-hydrogen) atoms. The van der Waals surface area contributed by atoms with Crippen molar-refractivity contribution in [2.24, 2.45) is 11.8 Å². The van der Waals surface area contributed by atoms with Crippen molar-refractivity contribution in [2.75, 3.05) is 0 Å². The summed E-state index contributed by atoms with van der Waals surface area (Å²) >= 11 is 0. The number of unbranched alkanes of at least 4 members (excludes halogenated alkanes) is 2. The first-order chi connectivity index (χ1) is 22.7. The van der Waals surface area contributed by atoms with Gasteiger partial charge in [0.05, 0.1) is 0 Å². The van der Waals surface area contributed by atoms with Gasteiger partial charge in [0, 0.05) is 16.5 Å². The summed E-state index contributed by atoms with van der Waals surface area (Å²) in [4.78, 5) is 15.2. The maximum Gasteiger partial charge on any atom is 0.335 e. The van der Waals surface area contributed by atoms with Gasteiger partial charge < -0.3 is 4.74 Å². The predicted octanol–water partition coefficient (Wildman–Crippen LogP) is 9.47. The highest BCUT2D eigenvalue weighted by Gasteiger charge is 2.49. The Morgan fingerprint density at radius 2 is 1.32 bits per heavy atom. The Kier molecular flexibility index (Phi) is 11.4. The maximum absolute atomic E-state index is 15.6. The lowest BCUT2D eigenvalue weighted by Crippen LogP contribution is -2.53. The van der Waals surface area contributed by atoms with Gasteiger partial charge in [-0.1, -0.05) is 156 Å². The molecular weight excluding hydrogens is 597 g/mol. The molecule has 1 saturated carbocycles. The minimum absolute atomic E-state index is 0.123. The zero-order valence-corrected chi connectivity index (χ0v) is 29.2. The third-order valence-corrected chi connectivity index (χ3v) is 12.7. The van der Waals surface area contributed by atoms with E-state index in [1.807, 2.05) is 103 Å². The lowest BCUT2D eigenvalue weighted by molar-refractivity contribution is -0.162. The van der Waals surface area contributed by atoms with Gasteiger partial charge in [-0.15, -0.1) is 0 Å². The fraction of sp³-hybridized carbons (Fsp3) is 0.357. The molecule has 1 fully saturated rings. The van der Waals surface area contributed by atoms with Gasteiger partial charge in [-0.05, 0) is 66.0 Å². The summed E-state index contributed by atoms with van der Waals surface area (Å²) in [7, 11) is -3.58. The van der Waals surface area contributed by atoms with Crippen molar-refractivity contribution in [3.63, 3.8) is 0 Å². The molecule has 1 N–H and O–H groups in total. The Hall–Kier alpha value is -3.72. The summed E-state index contributed by atoms with van der Waals surface area (Å²) in [5, 5.41) is 4.82. The van der Waals surface area contributed by atoms with Crippen LogP contribution in [0.5, 0.6) is 0 Å². The van der Waals surface area contributed by atoms with Gasteiger partial charge in [-0.25, -0.2) is 9.88 Å². The molecule has 246 valence electrons. The Morgan fingerprint density at radius 3 is 1.85 bits per heavy atom. The molecule has 0 heterocycles. The van der Waals surface area contributed by atoms with E-state index in [1.54, 1.807) is 0 Å². The largest absolute Gasteiger partial charge is 0.460 e. The van der Waals surface area contributed by atoms with Crippen molar-refractivity contribution in [1.29, 1.82) is 0 Å². The Bertz CT molecular complexity index is 1600. The highest BCUT2D eigenvalue weighted by Crippen LogP contribution is 2.47. The zero-order valence-electron chi connectivity index (χ0n) is 28.3. The predicted molar refractivity (Wildman–Crippen MR) is 196 cm³/mol. The van der Waals surface area contributed by atoms with Crippen molar-refractivity contribution in [3.05, 3.63) is 145 Å². The van der Waals surface area contributed by atoms with Crippen LogP contribution in [0, 0.1) is 11.8 Å². The normalized spacial score (nSPS) is 20.0. The van der Waals surface area contributed by atoms with Gasteiger partial charge in [0.2, 0.25) is 7.29 Å². The average Bonchev–Trinajstić information content (AvgIpc) is 3.11. The summed E-state index contributed by atoms with van der Waals surface area (Å²) < 4.78 is 22.4. The summed E-state index contributed by atoms with van der Waals surface area (Å²) in [6.45, 7) is 8.95. The number of nitrogens with one attached hydrogen (secondary N) is 1. The molecule has 0 radical (unpaired) electrons. The van der Waals surface area contributed by atoms with Crippen LogP contribution in [-0.2, 0) is 25.1 Å². The number of esters is 1. The molecule has 0 bridgehead atoms. The van der Waals surface area contributed by atoms with E-state index in [9.17, 15) is 0 Å². The van der Waals surface area contributed by atoms with Crippen LogP contribution in [0.25, 0.3) is 0 Å². The summed E-state index contributed by atoms with van der Waals surface area (Å²) in [6, 6.07) is 39.2. The molecule has 0 unspecified atom stereocenters. The fourth-order valence-electron chi connectivity index (χ4n) is 7.11. The second-order valence-corrected chi connectivity index (χ2v) is 16.1. The number of benzene rings is 4. The van der Waals surface area contributed by atoms with E-state index in [1.165, 1.54) is 5.56 Å². The van der Waals surface area contributed by atoms with E-state index in [-0.39, 0.29) is 17.4 Å². The van der Waals surface area contributed by atoms with Gasteiger partial charge >= 0.3 is 5.97 Å². The van der Waals surface area contributed by atoms with Crippen molar-refractivity contribution in [1.82, 2.24) is 5.09 Å². The van der Waals surface area contributed by atoms with Gasteiger partial charge in [0.1, 0.15) is 6.10 Å². The molecule has 4 aromatic carbocycles. The van der Waals surface area contributed by atoms with E-state index in [2.05, 4.69) is 63.1 Å². The monoisotopic (exact) mass is 647 g/mol.